The molecule has 1 N–H and O–H groups in total. The molecule has 1 aliphatic heterocycles. The van der Waals surface area contributed by atoms with E-state index in [4.69, 9.17) is 5.11 Å². The molecule has 5 heteroatoms. The number of aliphatic carboxylic acids is 1. The van der Waals surface area contributed by atoms with Crippen LogP contribution in [0.3, 0.4) is 0 Å². The highest BCUT2D eigenvalue weighted by Gasteiger charge is 2.55. The molecule has 2 amide bonds. The van der Waals surface area contributed by atoms with Gasteiger partial charge in [0, 0.05) is 6.42 Å². The number of carbonyl (C=O) groups is 3. The highest BCUT2D eigenvalue weighted by molar-refractivity contribution is 6.06. The van der Waals surface area contributed by atoms with Gasteiger partial charge in [-0.05, 0) is 18.3 Å². The number of carboxylic acid groups (broad SMARTS) is 1. The molecule has 2 fully saturated rings. The fraction of sp³-hybridized carbons (Fsp3) is 0.800. The number of hydrogen-bond acceptors (Lipinski definition) is 3. The molecule has 1 unspecified atom stereocenters. The number of amides is 2. The van der Waals surface area contributed by atoms with Gasteiger partial charge in [0.2, 0.25) is 11.8 Å². The first-order valence-corrected chi connectivity index (χ1v) is 7.26. The molecule has 0 aromatic carbocycles. The second-order valence-electron chi connectivity index (χ2n) is 7.21. The molecule has 1 saturated heterocycles. The molecule has 0 radical (unpaired) electrons. The van der Waals surface area contributed by atoms with Crippen molar-refractivity contribution in [3.63, 3.8) is 0 Å². The van der Waals surface area contributed by atoms with Crippen LogP contribution in [-0.2, 0) is 14.4 Å². The number of likely N-dealkylation sites (tertiary alicyclic amines) is 1. The zero-order chi connectivity index (χ0) is 15.1. The van der Waals surface area contributed by atoms with E-state index < -0.39 is 22.8 Å². The van der Waals surface area contributed by atoms with Crippen LogP contribution in [-0.4, -0.2) is 33.8 Å². The largest absolute Gasteiger partial charge is 0.481 e. The van der Waals surface area contributed by atoms with Crippen LogP contribution in [0.15, 0.2) is 0 Å². The maximum absolute atomic E-state index is 12.7. The van der Waals surface area contributed by atoms with Crippen LogP contribution in [0.4, 0.5) is 0 Å². The van der Waals surface area contributed by atoms with E-state index in [-0.39, 0.29) is 24.7 Å². The van der Waals surface area contributed by atoms with Crippen LogP contribution in [0.2, 0.25) is 0 Å². The molecule has 0 aromatic rings. The van der Waals surface area contributed by atoms with Crippen molar-refractivity contribution in [2.45, 2.75) is 65.3 Å². The van der Waals surface area contributed by atoms with Crippen LogP contribution in [0.5, 0.6) is 0 Å². The standard InChI is InChI=1S/C15H23NO4/c1-14(2,3)10(8-12(18)19)16-11(17)9-15(13(16)20)6-4-5-7-15/h10H,4-9H2,1-3H3,(H,18,19). The fourth-order valence-electron chi connectivity index (χ4n) is 3.53. The minimum Gasteiger partial charge on any atom is -0.481 e. The predicted octanol–water partition coefficient (Wildman–Crippen LogP) is 2.20. The van der Waals surface area contributed by atoms with Gasteiger partial charge in [-0.25, -0.2) is 0 Å². The Bertz CT molecular complexity index is 443. The van der Waals surface area contributed by atoms with E-state index in [0.29, 0.717) is 0 Å². The van der Waals surface area contributed by atoms with Crippen LogP contribution >= 0.6 is 0 Å². The molecule has 2 aliphatic rings. The Labute approximate surface area is 119 Å². The molecular formula is C15H23NO4. The highest BCUT2D eigenvalue weighted by Crippen LogP contribution is 2.48. The van der Waals surface area contributed by atoms with Gasteiger partial charge in [-0.2, -0.15) is 0 Å². The van der Waals surface area contributed by atoms with Crippen LogP contribution in [0.25, 0.3) is 0 Å². The SMILES string of the molecule is CC(C)(C)C(CC(=O)O)N1C(=O)CC2(CCCC2)C1=O. The molecule has 20 heavy (non-hydrogen) atoms. The van der Waals surface area contributed by atoms with E-state index >= 15 is 0 Å². The Kier molecular flexibility index (Phi) is 3.65. The summed E-state index contributed by atoms with van der Waals surface area (Å²) >= 11 is 0. The van der Waals surface area contributed by atoms with Gasteiger partial charge in [-0.15, -0.1) is 0 Å². The third-order valence-corrected chi connectivity index (χ3v) is 4.67. The first-order chi connectivity index (χ1) is 9.17. The van der Waals surface area contributed by atoms with Crippen LogP contribution in [0, 0.1) is 10.8 Å². The van der Waals surface area contributed by atoms with Crippen molar-refractivity contribution < 1.29 is 19.5 Å². The van der Waals surface area contributed by atoms with Crippen molar-refractivity contribution in [3.05, 3.63) is 0 Å². The number of imide groups is 1. The fourth-order valence-corrected chi connectivity index (χ4v) is 3.53. The summed E-state index contributed by atoms with van der Waals surface area (Å²) in [5.74, 6) is -1.31. The lowest BCUT2D eigenvalue weighted by Crippen LogP contribution is -2.49. The molecule has 0 bridgehead atoms. The first kappa shape index (κ1) is 15.0. The Morgan fingerprint density at radius 2 is 1.85 bits per heavy atom. The number of nitrogens with zero attached hydrogens (tertiary/aromatic N) is 1. The number of rotatable bonds is 3. The van der Waals surface area contributed by atoms with Crippen molar-refractivity contribution in [2.75, 3.05) is 0 Å². The van der Waals surface area contributed by atoms with Crippen LogP contribution in [0.1, 0.15) is 59.3 Å². The highest BCUT2D eigenvalue weighted by atomic mass is 16.4. The van der Waals surface area contributed by atoms with E-state index in [1.807, 2.05) is 20.8 Å². The van der Waals surface area contributed by atoms with Crippen LogP contribution < -0.4 is 0 Å². The average molecular weight is 281 g/mol. The lowest BCUT2D eigenvalue weighted by Gasteiger charge is -2.36. The van der Waals surface area contributed by atoms with E-state index in [1.54, 1.807) is 0 Å². The molecule has 0 aromatic heterocycles. The van der Waals surface area contributed by atoms with Gasteiger partial charge in [0.15, 0.2) is 0 Å². The number of hydrogen-bond donors (Lipinski definition) is 1. The van der Waals surface area contributed by atoms with Gasteiger partial charge >= 0.3 is 5.97 Å². The second-order valence-corrected chi connectivity index (χ2v) is 7.21. The topological polar surface area (TPSA) is 74.7 Å². The van der Waals surface area contributed by atoms with Gasteiger partial charge in [-0.3, -0.25) is 19.3 Å². The second kappa shape index (κ2) is 4.86. The molecule has 1 spiro atoms. The number of carbonyl (C=O) groups excluding carboxylic acids is 2. The Balaban J connectivity index is 2.31. The lowest BCUT2D eigenvalue weighted by molar-refractivity contribution is -0.149. The molecular weight excluding hydrogens is 258 g/mol. The van der Waals surface area contributed by atoms with Crippen molar-refractivity contribution >= 4 is 17.8 Å². The summed E-state index contributed by atoms with van der Waals surface area (Å²) in [7, 11) is 0. The number of carboxylic acids is 1. The third-order valence-electron chi connectivity index (χ3n) is 4.67. The lowest BCUT2D eigenvalue weighted by atomic mass is 9.82. The minimum atomic E-state index is -0.974. The van der Waals surface area contributed by atoms with Crippen molar-refractivity contribution in [3.8, 4) is 0 Å². The normalized spacial score (nSPS) is 23.6. The maximum atomic E-state index is 12.7. The Morgan fingerprint density at radius 1 is 1.30 bits per heavy atom. The monoisotopic (exact) mass is 281 g/mol. The summed E-state index contributed by atoms with van der Waals surface area (Å²) < 4.78 is 0. The molecule has 2 rings (SSSR count). The Hall–Kier alpha value is -1.39. The molecule has 1 atom stereocenters. The summed E-state index contributed by atoms with van der Waals surface area (Å²) in [5.41, 5.74) is -0.965. The zero-order valence-electron chi connectivity index (χ0n) is 12.4. The van der Waals surface area contributed by atoms with Gasteiger partial charge in [0.1, 0.15) is 0 Å². The Morgan fingerprint density at radius 3 is 2.30 bits per heavy atom. The molecule has 1 aliphatic carbocycles. The van der Waals surface area contributed by atoms with E-state index in [0.717, 1.165) is 25.7 Å². The molecule has 1 heterocycles. The molecule has 1 saturated carbocycles. The van der Waals surface area contributed by atoms with Crippen molar-refractivity contribution in [1.82, 2.24) is 4.90 Å². The van der Waals surface area contributed by atoms with Gasteiger partial charge in [0.05, 0.1) is 17.9 Å². The maximum Gasteiger partial charge on any atom is 0.305 e. The van der Waals surface area contributed by atoms with Gasteiger partial charge in [0.25, 0.3) is 0 Å². The summed E-state index contributed by atoms with van der Waals surface area (Å²) in [6.45, 7) is 5.63. The van der Waals surface area contributed by atoms with E-state index in [9.17, 15) is 14.4 Å². The average Bonchev–Trinajstić information content (AvgIpc) is 2.83. The quantitative estimate of drug-likeness (QED) is 0.805. The van der Waals surface area contributed by atoms with Crippen molar-refractivity contribution in [1.29, 1.82) is 0 Å². The zero-order valence-corrected chi connectivity index (χ0v) is 12.4. The predicted molar refractivity (Wildman–Crippen MR) is 72.9 cm³/mol. The van der Waals surface area contributed by atoms with Gasteiger partial charge in [-0.1, -0.05) is 33.6 Å². The van der Waals surface area contributed by atoms with E-state index in [1.165, 1.54) is 4.90 Å². The summed E-state index contributed by atoms with van der Waals surface area (Å²) in [6.07, 6.45) is 3.56. The first-order valence-electron chi connectivity index (χ1n) is 7.26. The summed E-state index contributed by atoms with van der Waals surface area (Å²) in [5, 5.41) is 9.09. The summed E-state index contributed by atoms with van der Waals surface area (Å²) in [6, 6.07) is -0.569. The molecule has 5 nitrogen and oxygen atoms in total. The van der Waals surface area contributed by atoms with Gasteiger partial charge < -0.3 is 5.11 Å². The summed E-state index contributed by atoms with van der Waals surface area (Å²) in [4.78, 5) is 37.4. The third kappa shape index (κ3) is 2.45. The van der Waals surface area contributed by atoms with E-state index in [2.05, 4.69) is 0 Å². The molecule has 112 valence electrons. The van der Waals surface area contributed by atoms with Crippen molar-refractivity contribution in [2.24, 2.45) is 10.8 Å². The minimum absolute atomic E-state index is 0.138. The smallest absolute Gasteiger partial charge is 0.305 e.